The summed E-state index contributed by atoms with van der Waals surface area (Å²) in [5.41, 5.74) is 1.91. The minimum atomic E-state index is -2.00. The third-order valence-electron chi connectivity index (χ3n) is 4.93. The lowest BCUT2D eigenvalue weighted by atomic mass is 9.98. The highest BCUT2D eigenvalue weighted by atomic mass is 16.7. The van der Waals surface area contributed by atoms with Gasteiger partial charge in [0.15, 0.2) is 6.29 Å². The van der Waals surface area contributed by atoms with Gasteiger partial charge in [0.25, 0.3) is 5.91 Å². The minimum Gasteiger partial charge on any atom is -0.507 e. The minimum absolute atomic E-state index is 0.107. The lowest BCUT2D eigenvalue weighted by molar-refractivity contribution is -0.326. The lowest BCUT2D eigenvalue weighted by Crippen LogP contribution is -2.61. The maximum absolute atomic E-state index is 12.0. The van der Waals surface area contributed by atoms with Crippen molar-refractivity contribution in [1.82, 2.24) is 5.43 Å². The van der Waals surface area contributed by atoms with Crippen molar-refractivity contribution in [1.29, 1.82) is 0 Å². The van der Waals surface area contributed by atoms with Gasteiger partial charge in [-0.25, -0.2) is 5.43 Å². The van der Waals surface area contributed by atoms with Crippen LogP contribution in [0.15, 0.2) is 29.4 Å². The number of hydrogen-bond acceptors (Lipinski definition) is 13. The van der Waals surface area contributed by atoms with Crippen molar-refractivity contribution in [3.05, 3.63) is 29.8 Å². The molecule has 1 fully saturated rings. The summed E-state index contributed by atoms with van der Waals surface area (Å²) in [5.74, 6) is -1.14. The quantitative estimate of drug-likeness (QED) is 0.113. The van der Waals surface area contributed by atoms with Crippen LogP contribution in [0.1, 0.15) is 10.4 Å². The number of nitrogens with one attached hydrogen (secondary N) is 1. The summed E-state index contributed by atoms with van der Waals surface area (Å²) in [6.07, 6.45) is -15.3. The van der Waals surface area contributed by atoms with Gasteiger partial charge in [0.1, 0.15) is 54.6 Å². The first-order valence-electron chi connectivity index (χ1n) is 9.84. The molecule has 1 amide bonds. The third kappa shape index (κ3) is 6.64. The van der Waals surface area contributed by atoms with E-state index in [-0.39, 0.29) is 11.3 Å². The number of benzene rings is 1. The van der Waals surface area contributed by atoms with Crippen LogP contribution >= 0.6 is 0 Å². The summed E-state index contributed by atoms with van der Waals surface area (Å²) >= 11 is 0. The molecule has 0 radical (unpaired) electrons. The van der Waals surface area contributed by atoms with Gasteiger partial charge >= 0.3 is 0 Å². The summed E-state index contributed by atoms with van der Waals surface area (Å²) < 4.78 is 10.4. The molecule has 1 aromatic rings. The normalized spacial score (nSPS) is 29.4. The van der Waals surface area contributed by atoms with Crippen molar-refractivity contribution < 1.29 is 60.2 Å². The number of carbonyl (C=O) groups excluding carboxylic acids is 1. The van der Waals surface area contributed by atoms with E-state index in [0.29, 0.717) is 6.21 Å². The Kier molecular flexibility index (Phi) is 10.1. The Morgan fingerprint density at radius 2 is 1.79 bits per heavy atom. The van der Waals surface area contributed by atoms with E-state index in [1.165, 1.54) is 24.3 Å². The molecule has 2 rings (SSSR count). The van der Waals surface area contributed by atoms with E-state index >= 15 is 0 Å². The standard InChI is InChI=1S/C19H28N2O12/c22-6-11(26)17(33-19-16(30)15(29)14(28)12(7-23)32-19)13(27)10(25)5-20-21-18(31)8-3-1-2-4-9(8)24/h1-5,10-17,19,22-30H,6-7H2,(H,21,31)/b20-5+. The van der Waals surface area contributed by atoms with E-state index in [1.807, 2.05) is 5.43 Å². The van der Waals surface area contributed by atoms with Crippen LogP contribution in [-0.2, 0) is 9.47 Å². The predicted octanol–water partition coefficient (Wildman–Crippen LogP) is -4.63. The SMILES string of the molecule is O=C(N/N=C/C(O)C(O)C(OC1OC(CO)C(O)C(O)C1O)C(O)CO)c1ccccc1O. The molecule has 9 atom stereocenters. The first-order chi connectivity index (χ1) is 15.6. The monoisotopic (exact) mass is 476 g/mol. The Balaban J connectivity index is 2.06. The molecule has 9 unspecified atom stereocenters. The number of phenols is 1. The molecule has 0 aliphatic carbocycles. The Morgan fingerprint density at radius 1 is 1.12 bits per heavy atom. The fourth-order valence-electron chi connectivity index (χ4n) is 3.02. The first-order valence-corrected chi connectivity index (χ1v) is 9.84. The van der Waals surface area contributed by atoms with Crippen LogP contribution in [-0.4, -0.2) is 126 Å². The number of aliphatic hydroxyl groups excluding tert-OH is 8. The molecule has 33 heavy (non-hydrogen) atoms. The average Bonchev–Trinajstić information content (AvgIpc) is 2.81. The number of aliphatic hydroxyl groups is 8. The molecule has 0 spiro atoms. The second-order valence-corrected chi connectivity index (χ2v) is 7.27. The van der Waals surface area contributed by atoms with Gasteiger partial charge in [-0.3, -0.25) is 4.79 Å². The summed E-state index contributed by atoms with van der Waals surface area (Å²) in [5, 5.41) is 91.8. The molecule has 1 aliphatic heterocycles. The number of aromatic hydroxyl groups is 1. The molecular weight excluding hydrogens is 448 g/mol. The van der Waals surface area contributed by atoms with Crippen LogP contribution < -0.4 is 5.43 Å². The van der Waals surface area contributed by atoms with E-state index in [1.54, 1.807) is 0 Å². The Labute approximate surface area is 187 Å². The van der Waals surface area contributed by atoms with Crippen molar-refractivity contribution in [2.75, 3.05) is 13.2 Å². The lowest BCUT2D eigenvalue weighted by Gasteiger charge is -2.42. The number of hydrazone groups is 1. The Hall–Kier alpha value is -2.24. The molecule has 0 saturated carbocycles. The number of amides is 1. The molecule has 1 aromatic carbocycles. The number of para-hydroxylation sites is 1. The second kappa shape index (κ2) is 12.3. The van der Waals surface area contributed by atoms with Crippen LogP contribution in [0.3, 0.4) is 0 Å². The van der Waals surface area contributed by atoms with Gasteiger partial charge in [-0.15, -0.1) is 0 Å². The number of ether oxygens (including phenoxy) is 2. The zero-order valence-corrected chi connectivity index (χ0v) is 17.2. The molecule has 1 heterocycles. The zero-order chi connectivity index (χ0) is 24.7. The first kappa shape index (κ1) is 27.0. The fraction of sp³-hybridized carbons (Fsp3) is 0.579. The van der Waals surface area contributed by atoms with Crippen LogP contribution in [0.2, 0.25) is 0 Å². The van der Waals surface area contributed by atoms with Crippen LogP contribution in [0.5, 0.6) is 5.75 Å². The number of nitrogens with zero attached hydrogens (tertiary/aromatic N) is 1. The molecule has 1 saturated heterocycles. The van der Waals surface area contributed by atoms with Crippen molar-refractivity contribution in [3.63, 3.8) is 0 Å². The molecule has 0 bridgehead atoms. The molecule has 14 heteroatoms. The zero-order valence-electron chi connectivity index (χ0n) is 17.2. The van der Waals surface area contributed by atoms with Gasteiger partial charge in [0.2, 0.25) is 0 Å². The van der Waals surface area contributed by atoms with Crippen LogP contribution in [0.4, 0.5) is 0 Å². The molecule has 0 aromatic heterocycles. The molecule has 186 valence electrons. The summed E-state index contributed by atoms with van der Waals surface area (Å²) in [6.45, 7) is -1.71. The molecule has 10 N–H and O–H groups in total. The summed E-state index contributed by atoms with van der Waals surface area (Å²) in [4.78, 5) is 12.0. The highest BCUT2D eigenvalue weighted by Crippen LogP contribution is 2.25. The number of hydrogen-bond donors (Lipinski definition) is 10. The van der Waals surface area contributed by atoms with Gasteiger partial charge in [0.05, 0.1) is 25.0 Å². The van der Waals surface area contributed by atoms with Crippen LogP contribution in [0.25, 0.3) is 0 Å². The van der Waals surface area contributed by atoms with Gasteiger partial charge in [0, 0.05) is 0 Å². The smallest absolute Gasteiger partial charge is 0.275 e. The maximum Gasteiger partial charge on any atom is 0.275 e. The van der Waals surface area contributed by atoms with E-state index < -0.39 is 74.2 Å². The highest BCUT2D eigenvalue weighted by molar-refractivity contribution is 5.96. The largest absolute Gasteiger partial charge is 0.507 e. The topological polar surface area (TPSA) is 242 Å². The van der Waals surface area contributed by atoms with Gasteiger partial charge in [-0.05, 0) is 12.1 Å². The van der Waals surface area contributed by atoms with Crippen molar-refractivity contribution >= 4 is 12.1 Å². The van der Waals surface area contributed by atoms with E-state index in [9.17, 15) is 50.8 Å². The molecular formula is C19H28N2O12. The van der Waals surface area contributed by atoms with E-state index in [4.69, 9.17) is 9.47 Å². The van der Waals surface area contributed by atoms with E-state index in [2.05, 4.69) is 5.10 Å². The molecule has 14 nitrogen and oxygen atoms in total. The van der Waals surface area contributed by atoms with Crippen molar-refractivity contribution in [2.45, 2.75) is 55.1 Å². The Bertz CT molecular complexity index is 794. The maximum atomic E-state index is 12.0. The van der Waals surface area contributed by atoms with Crippen molar-refractivity contribution in [3.8, 4) is 5.75 Å². The van der Waals surface area contributed by atoms with Gasteiger partial charge in [-0.1, -0.05) is 12.1 Å². The highest BCUT2D eigenvalue weighted by Gasteiger charge is 2.46. The van der Waals surface area contributed by atoms with E-state index in [0.717, 1.165) is 0 Å². The number of phenolic OH excluding ortho intramolecular Hbond substituents is 1. The summed E-state index contributed by atoms with van der Waals surface area (Å²) in [6, 6.07) is 5.58. The number of rotatable bonds is 10. The number of carbonyl (C=O) groups is 1. The van der Waals surface area contributed by atoms with Gasteiger partial charge < -0.3 is 55.4 Å². The van der Waals surface area contributed by atoms with Gasteiger partial charge in [-0.2, -0.15) is 5.10 Å². The Morgan fingerprint density at radius 3 is 2.39 bits per heavy atom. The predicted molar refractivity (Wildman–Crippen MR) is 108 cm³/mol. The second-order valence-electron chi connectivity index (χ2n) is 7.27. The van der Waals surface area contributed by atoms with Crippen LogP contribution in [0, 0.1) is 0 Å². The average molecular weight is 476 g/mol. The summed E-state index contributed by atoms with van der Waals surface area (Å²) in [7, 11) is 0. The van der Waals surface area contributed by atoms with Crippen molar-refractivity contribution in [2.24, 2.45) is 5.10 Å². The third-order valence-corrected chi connectivity index (χ3v) is 4.93. The molecule has 1 aliphatic rings. The fourth-order valence-corrected chi connectivity index (χ4v) is 3.02.